The monoisotopic (exact) mass is 303 g/mol. The maximum absolute atomic E-state index is 10.8. The lowest BCUT2D eigenvalue weighted by Gasteiger charge is -2.33. The number of carboxylic acids is 1. The molecule has 0 fully saturated rings. The van der Waals surface area contributed by atoms with E-state index in [1.165, 1.54) is 0 Å². The molecule has 0 saturated heterocycles. The summed E-state index contributed by atoms with van der Waals surface area (Å²) in [5.41, 5.74) is 1.04. The molecule has 2 unspecified atom stereocenters. The van der Waals surface area contributed by atoms with Crippen LogP contribution in [0.3, 0.4) is 0 Å². The average molecular weight is 304 g/mol. The molecule has 0 aliphatic rings. The fourth-order valence-corrected chi connectivity index (χ4v) is 2.61. The van der Waals surface area contributed by atoms with Gasteiger partial charge in [-0.3, -0.25) is 9.69 Å². The van der Waals surface area contributed by atoms with Crippen LogP contribution >= 0.6 is 23.2 Å². The topological polar surface area (TPSA) is 40.5 Å². The van der Waals surface area contributed by atoms with E-state index in [2.05, 4.69) is 4.90 Å². The molecule has 0 radical (unpaired) electrons. The molecule has 2 atom stereocenters. The molecule has 0 aromatic heterocycles. The molecule has 5 heteroatoms. The summed E-state index contributed by atoms with van der Waals surface area (Å²) in [4.78, 5) is 13.0. The van der Waals surface area contributed by atoms with Crippen LogP contribution in [0.2, 0.25) is 10.0 Å². The van der Waals surface area contributed by atoms with Crippen LogP contribution in [0.4, 0.5) is 0 Å². The van der Waals surface area contributed by atoms with Gasteiger partial charge in [-0.05, 0) is 38.1 Å². The largest absolute Gasteiger partial charge is 0.481 e. The fourth-order valence-electron chi connectivity index (χ4n) is 2.30. The summed E-state index contributed by atoms with van der Waals surface area (Å²) in [6.45, 7) is 6.76. The molecule has 0 bridgehead atoms. The van der Waals surface area contributed by atoms with Crippen molar-refractivity contribution in [1.29, 1.82) is 0 Å². The first-order chi connectivity index (χ1) is 8.86. The summed E-state index contributed by atoms with van der Waals surface area (Å²) in [5.74, 6) is -0.785. The molecular weight excluding hydrogens is 285 g/mol. The third-order valence-corrected chi connectivity index (χ3v) is 4.06. The molecule has 0 amide bonds. The second-order valence-corrected chi connectivity index (χ2v) is 5.44. The van der Waals surface area contributed by atoms with E-state index in [9.17, 15) is 4.79 Å². The Balaban J connectivity index is 2.91. The maximum Gasteiger partial charge on any atom is 0.304 e. The molecule has 19 heavy (non-hydrogen) atoms. The molecule has 3 nitrogen and oxygen atoms in total. The Kier molecular flexibility index (Phi) is 6.11. The minimum atomic E-state index is -0.785. The first-order valence-corrected chi connectivity index (χ1v) is 7.04. The number of nitrogens with zero attached hydrogens (tertiary/aromatic N) is 1. The van der Waals surface area contributed by atoms with E-state index in [4.69, 9.17) is 28.3 Å². The summed E-state index contributed by atoms with van der Waals surface area (Å²) < 4.78 is 0. The van der Waals surface area contributed by atoms with Crippen LogP contribution in [-0.4, -0.2) is 28.6 Å². The Hall–Kier alpha value is -0.770. The molecular formula is C14H19Cl2NO2. The van der Waals surface area contributed by atoms with Crippen molar-refractivity contribution in [2.24, 2.45) is 0 Å². The number of benzene rings is 1. The Morgan fingerprint density at radius 3 is 2.42 bits per heavy atom. The number of carboxylic acid groups (broad SMARTS) is 1. The average Bonchev–Trinajstić information content (AvgIpc) is 2.32. The Morgan fingerprint density at radius 1 is 1.32 bits per heavy atom. The van der Waals surface area contributed by atoms with Crippen molar-refractivity contribution in [2.75, 3.05) is 6.54 Å². The number of aliphatic carboxylic acids is 1. The van der Waals surface area contributed by atoms with Crippen LogP contribution in [-0.2, 0) is 4.79 Å². The van der Waals surface area contributed by atoms with Crippen LogP contribution in [0.1, 0.15) is 38.8 Å². The standard InChI is InChI=1S/C14H19Cl2NO2/c1-4-17(9(2)7-14(18)19)10(3)11-5-6-12(15)13(16)8-11/h5-6,8-10H,4,7H2,1-3H3,(H,18,19). The van der Waals surface area contributed by atoms with Gasteiger partial charge in [-0.25, -0.2) is 0 Å². The van der Waals surface area contributed by atoms with Gasteiger partial charge < -0.3 is 5.11 Å². The highest BCUT2D eigenvalue weighted by Gasteiger charge is 2.22. The zero-order valence-corrected chi connectivity index (χ0v) is 12.9. The highest BCUT2D eigenvalue weighted by molar-refractivity contribution is 6.42. The zero-order chi connectivity index (χ0) is 14.6. The minimum absolute atomic E-state index is 0.0352. The highest BCUT2D eigenvalue weighted by atomic mass is 35.5. The van der Waals surface area contributed by atoms with E-state index in [0.717, 1.165) is 12.1 Å². The van der Waals surface area contributed by atoms with Gasteiger partial charge in [-0.15, -0.1) is 0 Å². The van der Waals surface area contributed by atoms with Crippen LogP contribution < -0.4 is 0 Å². The first kappa shape index (κ1) is 16.3. The van der Waals surface area contributed by atoms with E-state index < -0.39 is 5.97 Å². The molecule has 0 heterocycles. The minimum Gasteiger partial charge on any atom is -0.481 e. The molecule has 0 aliphatic heterocycles. The van der Waals surface area contributed by atoms with Gasteiger partial charge in [0.15, 0.2) is 0 Å². The predicted octanol–water partition coefficient (Wildman–Crippen LogP) is 4.24. The Bertz CT molecular complexity index is 451. The number of carbonyl (C=O) groups is 1. The third kappa shape index (κ3) is 4.37. The molecule has 1 rings (SSSR count). The normalized spacial score (nSPS) is 14.4. The molecule has 1 aromatic carbocycles. The summed E-state index contributed by atoms with van der Waals surface area (Å²) >= 11 is 11.9. The Morgan fingerprint density at radius 2 is 1.95 bits per heavy atom. The van der Waals surface area contributed by atoms with Gasteiger partial charge in [0.25, 0.3) is 0 Å². The quantitative estimate of drug-likeness (QED) is 0.854. The van der Waals surface area contributed by atoms with E-state index in [1.807, 2.05) is 32.9 Å². The van der Waals surface area contributed by atoms with Crippen LogP contribution in [0.15, 0.2) is 18.2 Å². The molecule has 1 aromatic rings. The first-order valence-electron chi connectivity index (χ1n) is 6.29. The highest BCUT2D eigenvalue weighted by Crippen LogP contribution is 2.29. The van der Waals surface area contributed by atoms with Gasteiger partial charge in [0.1, 0.15) is 0 Å². The van der Waals surface area contributed by atoms with E-state index >= 15 is 0 Å². The van der Waals surface area contributed by atoms with Gasteiger partial charge in [0, 0.05) is 12.1 Å². The van der Waals surface area contributed by atoms with E-state index in [0.29, 0.717) is 10.0 Å². The molecule has 106 valence electrons. The van der Waals surface area contributed by atoms with E-state index in [1.54, 1.807) is 6.07 Å². The van der Waals surface area contributed by atoms with Gasteiger partial charge >= 0.3 is 5.97 Å². The summed E-state index contributed by atoms with van der Waals surface area (Å²) in [6.07, 6.45) is 0.125. The van der Waals surface area contributed by atoms with E-state index in [-0.39, 0.29) is 18.5 Å². The van der Waals surface area contributed by atoms with Crippen molar-refractivity contribution in [2.45, 2.75) is 39.3 Å². The lowest BCUT2D eigenvalue weighted by molar-refractivity contribution is -0.138. The number of rotatable bonds is 6. The second kappa shape index (κ2) is 7.13. The summed E-state index contributed by atoms with van der Waals surface area (Å²) in [6, 6.07) is 5.59. The number of halogens is 2. The van der Waals surface area contributed by atoms with Crippen LogP contribution in [0.5, 0.6) is 0 Å². The lowest BCUT2D eigenvalue weighted by Crippen LogP contribution is -2.36. The van der Waals surface area contributed by atoms with Crippen LogP contribution in [0, 0.1) is 0 Å². The van der Waals surface area contributed by atoms with Gasteiger partial charge in [-0.2, -0.15) is 0 Å². The number of hydrogen-bond donors (Lipinski definition) is 1. The molecule has 1 N–H and O–H groups in total. The van der Waals surface area contributed by atoms with Gasteiger partial charge in [-0.1, -0.05) is 36.2 Å². The third-order valence-electron chi connectivity index (χ3n) is 3.32. The zero-order valence-electron chi connectivity index (χ0n) is 11.4. The number of hydrogen-bond acceptors (Lipinski definition) is 2. The van der Waals surface area contributed by atoms with Gasteiger partial charge in [0.2, 0.25) is 0 Å². The molecule has 0 aliphatic carbocycles. The summed E-state index contributed by atoms with van der Waals surface area (Å²) in [7, 11) is 0. The lowest BCUT2D eigenvalue weighted by atomic mass is 10.0. The van der Waals surface area contributed by atoms with Crippen molar-refractivity contribution >= 4 is 29.2 Å². The SMILES string of the molecule is CCN(C(C)CC(=O)O)C(C)c1ccc(Cl)c(Cl)c1. The van der Waals surface area contributed by atoms with Crippen LogP contribution in [0.25, 0.3) is 0 Å². The predicted molar refractivity (Wildman–Crippen MR) is 79.0 cm³/mol. The van der Waals surface area contributed by atoms with Crippen molar-refractivity contribution in [3.8, 4) is 0 Å². The Labute approximate surface area is 124 Å². The second-order valence-electron chi connectivity index (χ2n) is 4.63. The van der Waals surface area contributed by atoms with Crippen molar-refractivity contribution < 1.29 is 9.90 Å². The maximum atomic E-state index is 10.8. The van der Waals surface area contributed by atoms with Crippen molar-refractivity contribution in [3.05, 3.63) is 33.8 Å². The fraction of sp³-hybridized carbons (Fsp3) is 0.500. The summed E-state index contributed by atoms with van der Waals surface area (Å²) in [5, 5.41) is 9.94. The molecule has 0 saturated carbocycles. The smallest absolute Gasteiger partial charge is 0.304 e. The molecule has 0 spiro atoms. The van der Waals surface area contributed by atoms with Gasteiger partial charge in [0.05, 0.1) is 16.5 Å². The van der Waals surface area contributed by atoms with Crippen molar-refractivity contribution in [3.63, 3.8) is 0 Å². The van der Waals surface area contributed by atoms with Crippen molar-refractivity contribution in [1.82, 2.24) is 4.90 Å².